The van der Waals surface area contributed by atoms with E-state index in [1.165, 1.54) is 0 Å². The Labute approximate surface area is 193 Å². The van der Waals surface area contributed by atoms with Crippen LogP contribution in [0, 0.1) is 6.92 Å². The number of rotatable bonds is 4. The lowest BCUT2D eigenvalue weighted by Gasteiger charge is -2.35. The molecular weight excluding hydrogens is 412 g/mol. The molecule has 2 aromatic heterocycles. The number of anilines is 1. The Morgan fingerprint density at radius 1 is 0.909 bits per heavy atom. The summed E-state index contributed by atoms with van der Waals surface area (Å²) in [4.78, 5) is 26.9. The van der Waals surface area contributed by atoms with Crippen molar-refractivity contribution in [2.45, 2.75) is 26.7 Å². The lowest BCUT2D eigenvalue weighted by atomic mass is 10.1. The molecule has 1 saturated heterocycles. The quantitative estimate of drug-likeness (QED) is 0.476. The first kappa shape index (κ1) is 21.1. The van der Waals surface area contributed by atoms with Crippen molar-refractivity contribution in [3.05, 3.63) is 77.7 Å². The minimum atomic E-state index is 0.0854. The fraction of sp³-hybridized carbons (Fsp3) is 0.308. The number of para-hydroxylation sites is 1. The van der Waals surface area contributed by atoms with Gasteiger partial charge in [-0.05, 0) is 31.2 Å². The van der Waals surface area contributed by atoms with Gasteiger partial charge in [0.05, 0.1) is 17.3 Å². The molecule has 1 fully saturated rings. The van der Waals surface area contributed by atoms with Gasteiger partial charge in [0.25, 0.3) is 5.91 Å². The van der Waals surface area contributed by atoms with Gasteiger partial charge in [0.1, 0.15) is 11.6 Å². The molecule has 3 heterocycles. The minimum Gasteiger partial charge on any atom is -0.352 e. The number of fused-ring (bicyclic) bond motifs is 1. The van der Waals surface area contributed by atoms with E-state index in [9.17, 15) is 4.79 Å². The van der Waals surface area contributed by atoms with Crippen LogP contribution >= 0.6 is 0 Å². The summed E-state index contributed by atoms with van der Waals surface area (Å²) >= 11 is 0. The van der Waals surface area contributed by atoms with Gasteiger partial charge in [-0.2, -0.15) is 5.10 Å². The summed E-state index contributed by atoms with van der Waals surface area (Å²) in [7, 11) is 0. The van der Waals surface area contributed by atoms with Crippen molar-refractivity contribution in [3.63, 3.8) is 0 Å². The monoisotopic (exact) mass is 440 g/mol. The van der Waals surface area contributed by atoms with Crippen LogP contribution in [-0.4, -0.2) is 56.7 Å². The topological polar surface area (TPSA) is 67.2 Å². The molecular formula is C26H28N6O. The van der Waals surface area contributed by atoms with Gasteiger partial charge in [0.15, 0.2) is 5.65 Å². The minimum absolute atomic E-state index is 0.0854. The lowest BCUT2D eigenvalue weighted by Crippen LogP contribution is -2.49. The van der Waals surface area contributed by atoms with Crippen molar-refractivity contribution in [3.8, 4) is 5.69 Å². The summed E-state index contributed by atoms with van der Waals surface area (Å²) < 4.78 is 1.88. The molecule has 0 aliphatic carbocycles. The molecule has 0 radical (unpaired) electrons. The predicted molar refractivity (Wildman–Crippen MR) is 130 cm³/mol. The molecule has 4 aromatic rings. The first-order chi connectivity index (χ1) is 16.0. The number of aryl methyl sites for hydroxylation is 1. The number of nitrogens with zero attached hydrogens (tertiary/aromatic N) is 6. The van der Waals surface area contributed by atoms with Crippen molar-refractivity contribution in [2.75, 3.05) is 31.1 Å². The van der Waals surface area contributed by atoms with Gasteiger partial charge in [0.2, 0.25) is 0 Å². The molecule has 0 unspecified atom stereocenters. The molecule has 0 atom stereocenters. The molecule has 168 valence electrons. The molecule has 1 amide bonds. The van der Waals surface area contributed by atoms with Crippen LogP contribution < -0.4 is 4.90 Å². The highest BCUT2D eigenvalue weighted by atomic mass is 16.2. The van der Waals surface area contributed by atoms with E-state index in [2.05, 4.69) is 23.8 Å². The van der Waals surface area contributed by atoms with Crippen molar-refractivity contribution in [2.24, 2.45) is 0 Å². The zero-order chi connectivity index (χ0) is 22.9. The van der Waals surface area contributed by atoms with E-state index in [1.807, 2.05) is 77.3 Å². The third-order valence-electron chi connectivity index (χ3n) is 6.11. The molecule has 0 spiro atoms. The SMILES string of the molecule is Cc1ccc(C(=O)N2CCN(c3nc(C(C)C)nc4c3cnn4-c3ccccc3)CC2)cc1. The molecule has 1 aliphatic heterocycles. The maximum absolute atomic E-state index is 12.9. The average Bonchev–Trinajstić information content (AvgIpc) is 3.28. The number of hydrogen-bond donors (Lipinski definition) is 0. The molecule has 33 heavy (non-hydrogen) atoms. The van der Waals surface area contributed by atoms with Crippen LogP contribution in [0.4, 0.5) is 5.82 Å². The maximum Gasteiger partial charge on any atom is 0.253 e. The van der Waals surface area contributed by atoms with E-state index < -0.39 is 0 Å². The van der Waals surface area contributed by atoms with E-state index in [-0.39, 0.29) is 11.8 Å². The van der Waals surface area contributed by atoms with E-state index >= 15 is 0 Å². The second kappa shape index (κ2) is 8.65. The van der Waals surface area contributed by atoms with Crippen LogP contribution in [0.2, 0.25) is 0 Å². The summed E-state index contributed by atoms with van der Waals surface area (Å²) in [5.74, 6) is 1.97. The fourth-order valence-electron chi connectivity index (χ4n) is 4.17. The Morgan fingerprint density at radius 2 is 1.61 bits per heavy atom. The molecule has 1 aliphatic rings. The number of aromatic nitrogens is 4. The summed E-state index contributed by atoms with van der Waals surface area (Å²) in [6.07, 6.45) is 1.85. The van der Waals surface area contributed by atoms with Crippen LogP contribution in [-0.2, 0) is 0 Å². The summed E-state index contributed by atoms with van der Waals surface area (Å²) in [5, 5.41) is 5.57. The van der Waals surface area contributed by atoms with Crippen molar-refractivity contribution >= 4 is 22.8 Å². The Morgan fingerprint density at radius 3 is 2.27 bits per heavy atom. The van der Waals surface area contributed by atoms with Gasteiger partial charge in [-0.15, -0.1) is 0 Å². The lowest BCUT2D eigenvalue weighted by molar-refractivity contribution is 0.0746. The second-order valence-electron chi connectivity index (χ2n) is 8.83. The third kappa shape index (κ3) is 4.06. The smallest absolute Gasteiger partial charge is 0.253 e. The first-order valence-corrected chi connectivity index (χ1v) is 11.4. The molecule has 0 bridgehead atoms. The molecule has 7 heteroatoms. The number of benzene rings is 2. The van der Waals surface area contributed by atoms with Crippen LogP contribution in [0.1, 0.15) is 41.5 Å². The van der Waals surface area contributed by atoms with Crippen molar-refractivity contribution < 1.29 is 4.79 Å². The zero-order valence-electron chi connectivity index (χ0n) is 19.3. The van der Waals surface area contributed by atoms with Crippen molar-refractivity contribution in [1.29, 1.82) is 0 Å². The zero-order valence-corrected chi connectivity index (χ0v) is 19.3. The van der Waals surface area contributed by atoms with E-state index in [0.717, 1.165) is 52.6 Å². The van der Waals surface area contributed by atoms with Crippen molar-refractivity contribution in [1.82, 2.24) is 24.6 Å². The summed E-state index contributed by atoms with van der Waals surface area (Å²) in [6, 6.07) is 17.8. The maximum atomic E-state index is 12.9. The largest absolute Gasteiger partial charge is 0.352 e. The Balaban J connectivity index is 1.43. The average molecular weight is 441 g/mol. The first-order valence-electron chi connectivity index (χ1n) is 11.4. The second-order valence-corrected chi connectivity index (χ2v) is 8.83. The molecule has 2 aromatic carbocycles. The number of hydrogen-bond acceptors (Lipinski definition) is 5. The number of carbonyl (C=O) groups is 1. The molecule has 0 N–H and O–H groups in total. The number of amides is 1. The van der Waals surface area contributed by atoms with E-state index in [0.29, 0.717) is 13.1 Å². The predicted octanol–water partition coefficient (Wildman–Crippen LogP) is 4.21. The van der Waals surface area contributed by atoms with Gasteiger partial charge >= 0.3 is 0 Å². The number of piperazine rings is 1. The van der Waals surface area contributed by atoms with Gasteiger partial charge in [0, 0.05) is 37.7 Å². The van der Waals surface area contributed by atoms with Gasteiger partial charge in [-0.3, -0.25) is 4.79 Å². The molecule has 5 rings (SSSR count). The highest BCUT2D eigenvalue weighted by Gasteiger charge is 2.26. The Hall–Kier alpha value is -3.74. The van der Waals surface area contributed by atoms with Crippen LogP contribution in [0.25, 0.3) is 16.7 Å². The Bertz CT molecular complexity index is 1270. The molecule has 7 nitrogen and oxygen atoms in total. The van der Waals surface area contributed by atoms with Gasteiger partial charge < -0.3 is 9.80 Å². The summed E-state index contributed by atoms with van der Waals surface area (Å²) in [5.41, 5.74) is 3.68. The highest BCUT2D eigenvalue weighted by Crippen LogP contribution is 2.28. The summed E-state index contributed by atoms with van der Waals surface area (Å²) in [6.45, 7) is 8.99. The normalized spacial score (nSPS) is 14.3. The fourth-order valence-corrected chi connectivity index (χ4v) is 4.17. The van der Waals surface area contributed by atoms with Crippen LogP contribution in [0.15, 0.2) is 60.8 Å². The van der Waals surface area contributed by atoms with Gasteiger partial charge in [-0.25, -0.2) is 14.6 Å². The van der Waals surface area contributed by atoms with E-state index in [4.69, 9.17) is 9.97 Å². The Kier molecular flexibility index (Phi) is 5.54. The van der Waals surface area contributed by atoms with Gasteiger partial charge in [-0.1, -0.05) is 49.7 Å². The van der Waals surface area contributed by atoms with Crippen LogP contribution in [0.5, 0.6) is 0 Å². The van der Waals surface area contributed by atoms with E-state index in [1.54, 1.807) is 0 Å². The molecule has 0 saturated carbocycles. The van der Waals surface area contributed by atoms with Crippen LogP contribution in [0.3, 0.4) is 0 Å². The standard InChI is InChI=1S/C26H28N6O/c1-18(2)23-28-24(22-17-27-32(25(22)29-23)21-7-5-4-6-8-21)30-13-15-31(16-14-30)26(33)20-11-9-19(3)10-12-20/h4-12,17-18H,13-16H2,1-3H3. The number of carbonyl (C=O) groups excluding carboxylic acids is 1. The third-order valence-corrected chi connectivity index (χ3v) is 6.11. The highest BCUT2D eigenvalue weighted by molar-refractivity contribution is 5.94.